The Morgan fingerprint density at radius 1 is 0.367 bits per heavy atom. The zero-order valence-corrected chi connectivity index (χ0v) is 33.1. The molecule has 0 aliphatic heterocycles. The predicted octanol–water partition coefficient (Wildman–Crippen LogP) is 15.6. The van der Waals surface area contributed by atoms with Gasteiger partial charge in [-0.25, -0.2) is 9.97 Å². The van der Waals surface area contributed by atoms with Crippen molar-refractivity contribution in [3.05, 3.63) is 200 Å². The third-order valence-electron chi connectivity index (χ3n) is 12.4. The molecule has 60 heavy (non-hydrogen) atoms. The first-order valence-electron chi connectivity index (χ1n) is 20.4. The van der Waals surface area contributed by atoms with Crippen LogP contribution < -0.4 is 0 Å². The van der Waals surface area contributed by atoms with Crippen LogP contribution in [0.25, 0.3) is 125 Å². The fraction of sp³-hybridized carbons (Fsp3) is 0. The highest BCUT2D eigenvalue weighted by molar-refractivity contribution is 7.26. The van der Waals surface area contributed by atoms with Crippen molar-refractivity contribution in [1.29, 1.82) is 0 Å². The summed E-state index contributed by atoms with van der Waals surface area (Å²) in [6.07, 6.45) is 0. The lowest BCUT2D eigenvalue weighted by molar-refractivity contribution is 1.02. The average Bonchev–Trinajstić information content (AvgIpc) is 3.88. The number of rotatable bonds is 4. The number of benzene rings is 10. The van der Waals surface area contributed by atoms with E-state index in [1.54, 1.807) is 11.3 Å². The summed E-state index contributed by atoms with van der Waals surface area (Å²) in [5.41, 5.74) is 9.91. The van der Waals surface area contributed by atoms with E-state index in [1.807, 2.05) is 0 Å². The van der Waals surface area contributed by atoms with Gasteiger partial charge in [0.2, 0.25) is 5.95 Å². The van der Waals surface area contributed by atoms with Crippen LogP contribution in [0.2, 0.25) is 0 Å². The summed E-state index contributed by atoms with van der Waals surface area (Å²) >= 11 is 1.77. The predicted molar refractivity (Wildman–Crippen MR) is 256 cm³/mol. The first-order valence-corrected chi connectivity index (χ1v) is 21.2. The number of fused-ring (bicyclic) bond motifs is 15. The highest BCUT2D eigenvalue weighted by Gasteiger charge is 2.24. The van der Waals surface area contributed by atoms with Crippen LogP contribution in [-0.4, -0.2) is 14.5 Å². The van der Waals surface area contributed by atoms with Crippen LogP contribution in [-0.2, 0) is 0 Å². The van der Waals surface area contributed by atoms with E-state index in [0.717, 1.165) is 43.5 Å². The zero-order valence-electron chi connectivity index (χ0n) is 32.3. The maximum absolute atomic E-state index is 5.66. The van der Waals surface area contributed by atoms with Crippen LogP contribution >= 0.6 is 11.3 Å². The second kappa shape index (κ2) is 12.9. The van der Waals surface area contributed by atoms with Gasteiger partial charge in [0, 0.05) is 37.2 Å². The molecule has 13 rings (SSSR count). The van der Waals surface area contributed by atoms with Crippen LogP contribution in [0.1, 0.15) is 0 Å². The molecule has 3 aromatic heterocycles. The summed E-state index contributed by atoms with van der Waals surface area (Å²) in [5.74, 6) is 0.666. The van der Waals surface area contributed by atoms with Gasteiger partial charge < -0.3 is 0 Å². The summed E-state index contributed by atoms with van der Waals surface area (Å²) in [4.78, 5) is 11.2. The molecule has 0 aliphatic rings. The first kappa shape index (κ1) is 33.3. The van der Waals surface area contributed by atoms with Crippen molar-refractivity contribution in [1.82, 2.24) is 14.5 Å². The van der Waals surface area contributed by atoms with Crippen LogP contribution in [0.4, 0.5) is 0 Å². The summed E-state index contributed by atoms with van der Waals surface area (Å²) in [6.45, 7) is 0. The number of nitrogens with zero attached hydrogens (tertiary/aromatic N) is 3. The Balaban J connectivity index is 1.12. The summed E-state index contributed by atoms with van der Waals surface area (Å²) in [5, 5.41) is 13.4. The van der Waals surface area contributed by atoms with Crippen LogP contribution in [0.15, 0.2) is 200 Å². The van der Waals surface area contributed by atoms with Gasteiger partial charge in [-0.2, -0.15) is 0 Å². The van der Waals surface area contributed by atoms with Gasteiger partial charge in [0.05, 0.1) is 26.9 Å². The number of thiophene rings is 1. The Morgan fingerprint density at radius 3 is 1.72 bits per heavy atom. The monoisotopic (exact) mass is 779 g/mol. The molecule has 0 atom stereocenters. The van der Waals surface area contributed by atoms with Crippen molar-refractivity contribution in [2.45, 2.75) is 0 Å². The van der Waals surface area contributed by atoms with Gasteiger partial charge in [-0.1, -0.05) is 182 Å². The Morgan fingerprint density at radius 2 is 0.933 bits per heavy atom. The lowest BCUT2D eigenvalue weighted by Gasteiger charge is -2.13. The van der Waals surface area contributed by atoms with E-state index in [2.05, 4.69) is 205 Å². The fourth-order valence-corrected chi connectivity index (χ4v) is 10.8. The Bertz CT molecular complexity index is 3840. The largest absolute Gasteiger partial charge is 0.277 e. The number of hydrogen-bond donors (Lipinski definition) is 0. The molecule has 0 unspecified atom stereocenters. The van der Waals surface area contributed by atoms with Crippen LogP contribution in [0, 0.1) is 0 Å². The van der Waals surface area contributed by atoms with Crippen molar-refractivity contribution in [3.63, 3.8) is 0 Å². The van der Waals surface area contributed by atoms with Crippen LogP contribution in [0.5, 0.6) is 0 Å². The average molecular weight is 780 g/mol. The maximum atomic E-state index is 5.66. The number of hydrogen-bond acceptors (Lipinski definition) is 3. The minimum absolute atomic E-state index is 0.666. The van der Waals surface area contributed by atoms with Gasteiger partial charge in [0.25, 0.3) is 0 Å². The van der Waals surface area contributed by atoms with Crippen LogP contribution in [0.3, 0.4) is 0 Å². The Kier molecular flexibility index (Phi) is 7.18. The molecular formula is C56H33N3S. The molecule has 278 valence electrons. The van der Waals surface area contributed by atoms with E-state index in [4.69, 9.17) is 9.97 Å². The van der Waals surface area contributed by atoms with Gasteiger partial charge in [-0.05, 0) is 72.8 Å². The van der Waals surface area contributed by atoms with Crippen molar-refractivity contribution in [2.75, 3.05) is 0 Å². The van der Waals surface area contributed by atoms with Crippen molar-refractivity contribution in [3.8, 4) is 39.5 Å². The third-order valence-corrected chi connectivity index (χ3v) is 13.6. The first-order chi connectivity index (χ1) is 29.8. The van der Waals surface area contributed by atoms with Crippen molar-refractivity contribution in [2.24, 2.45) is 0 Å². The molecule has 13 aromatic rings. The molecule has 0 aliphatic carbocycles. The minimum Gasteiger partial charge on any atom is -0.277 e. The molecule has 0 saturated heterocycles. The van der Waals surface area contributed by atoms with E-state index in [0.29, 0.717) is 5.95 Å². The fourth-order valence-electron chi connectivity index (χ4n) is 9.68. The third kappa shape index (κ3) is 4.89. The normalized spacial score (nSPS) is 12.0. The van der Waals surface area contributed by atoms with E-state index in [-0.39, 0.29) is 0 Å². The highest BCUT2D eigenvalue weighted by Crippen LogP contribution is 2.46. The second-order valence-corrected chi connectivity index (χ2v) is 16.7. The summed E-state index contributed by atoms with van der Waals surface area (Å²) in [6, 6.07) is 72.5. The van der Waals surface area contributed by atoms with Gasteiger partial charge >= 0.3 is 0 Å². The van der Waals surface area contributed by atoms with Gasteiger partial charge in [0.1, 0.15) is 0 Å². The molecule has 0 N–H and O–H groups in total. The molecule has 4 heteroatoms. The quantitative estimate of drug-likeness (QED) is 0.167. The molecule has 10 aromatic carbocycles. The SMILES string of the molecule is c1ccc(-c2ccc(-c3cccc(-c4nc(-n5c6ccc7c8ccccc8c8ccccc8c7c6c6ccc7ccccc7c65)nc5c4sc4ccccc45)c3)cc2)cc1. The highest BCUT2D eigenvalue weighted by atomic mass is 32.1. The molecule has 3 nitrogen and oxygen atoms in total. The maximum Gasteiger partial charge on any atom is 0.235 e. The summed E-state index contributed by atoms with van der Waals surface area (Å²) < 4.78 is 4.63. The minimum atomic E-state index is 0.666. The van der Waals surface area contributed by atoms with Crippen molar-refractivity contribution >= 4 is 96.5 Å². The van der Waals surface area contributed by atoms with Gasteiger partial charge in [-0.15, -0.1) is 11.3 Å². The molecule has 3 heterocycles. The van der Waals surface area contributed by atoms with E-state index in [1.165, 1.54) is 75.3 Å². The smallest absolute Gasteiger partial charge is 0.235 e. The van der Waals surface area contributed by atoms with E-state index < -0.39 is 0 Å². The van der Waals surface area contributed by atoms with Gasteiger partial charge in [0.15, 0.2) is 0 Å². The second-order valence-electron chi connectivity index (χ2n) is 15.7. The molecule has 0 amide bonds. The molecule has 0 spiro atoms. The lowest BCUT2D eigenvalue weighted by atomic mass is 9.91. The Labute approximate surface area is 349 Å². The molecule has 0 fully saturated rings. The topological polar surface area (TPSA) is 30.7 Å². The molecule has 0 bridgehead atoms. The standard InChI is InChI=1S/C56H33N3S/c1-2-13-34(14-3-1)35-25-27-36(28-26-35)38-16-12-17-39(33-38)52-55-53(46-23-10-11-24-49(46)60-55)58-56(57-52)59-48-32-31-45-43-21-7-6-19-41(43)42-20-8-9-22-44(42)50(45)51(48)47-30-29-37-15-4-5-18-40(37)54(47)59/h1-33H. The summed E-state index contributed by atoms with van der Waals surface area (Å²) in [7, 11) is 0. The molecule has 0 saturated carbocycles. The molecule has 0 radical (unpaired) electrons. The lowest BCUT2D eigenvalue weighted by Crippen LogP contribution is -2.03. The van der Waals surface area contributed by atoms with E-state index in [9.17, 15) is 0 Å². The van der Waals surface area contributed by atoms with E-state index >= 15 is 0 Å². The Hall–Kier alpha value is -7.66. The molecular weight excluding hydrogens is 747 g/mol. The number of aromatic nitrogens is 3. The zero-order chi connectivity index (χ0) is 39.3. The van der Waals surface area contributed by atoms with Gasteiger partial charge in [-0.3, -0.25) is 4.57 Å². The van der Waals surface area contributed by atoms with Crippen molar-refractivity contribution < 1.29 is 0 Å².